The molecular weight excluding hydrogens is 446 g/mol. The van der Waals surface area contributed by atoms with Gasteiger partial charge in [-0.25, -0.2) is 4.98 Å². The Morgan fingerprint density at radius 3 is 2.65 bits per heavy atom. The summed E-state index contributed by atoms with van der Waals surface area (Å²) in [7, 11) is 0. The molecule has 1 aromatic heterocycles. The number of fused-ring (bicyclic) bond motifs is 1. The first kappa shape index (κ1) is 24.0. The average Bonchev–Trinajstić information content (AvgIpc) is 3.30. The Hall–Kier alpha value is -3.19. The van der Waals surface area contributed by atoms with Crippen molar-refractivity contribution in [2.75, 3.05) is 16.8 Å². The highest BCUT2D eigenvalue weighted by atomic mass is 32.1. The second-order valence-corrected chi connectivity index (χ2v) is 9.53. The lowest BCUT2D eigenvalue weighted by atomic mass is 10.1. The van der Waals surface area contributed by atoms with Crippen LogP contribution in [0, 0.1) is 0 Å². The second-order valence-electron chi connectivity index (χ2n) is 8.59. The van der Waals surface area contributed by atoms with Crippen LogP contribution in [0.15, 0.2) is 47.8 Å². The molecule has 0 saturated heterocycles. The molecular formula is C27H31N3O3S. The van der Waals surface area contributed by atoms with E-state index in [-0.39, 0.29) is 18.4 Å². The molecule has 4 rings (SSSR count). The van der Waals surface area contributed by atoms with Crippen LogP contribution in [0.25, 0.3) is 11.3 Å². The van der Waals surface area contributed by atoms with E-state index in [9.17, 15) is 9.59 Å². The van der Waals surface area contributed by atoms with Gasteiger partial charge >= 0.3 is 0 Å². The van der Waals surface area contributed by atoms with Crippen molar-refractivity contribution in [2.45, 2.75) is 59.0 Å². The lowest BCUT2D eigenvalue weighted by Crippen LogP contribution is -2.47. The normalized spacial score (nSPS) is 15.1. The molecule has 0 aliphatic carbocycles. The molecule has 178 valence electrons. The molecule has 2 aromatic carbocycles. The van der Waals surface area contributed by atoms with Crippen molar-refractivity contribution in [3.63, 3.8) is 0 Å². The minimum Gasteiger partial charge on any atom is -0.479 e. The van der Waals surface area contributed by atoms with Crippen molar-refractivity contribution in [2.24, 2.45) is 0 Å². The van der Waals surface area contributed by atoms with Gasteiger partial charge in [-0.05, 0) is 68.5 Å². The molecule has 1 unspecified atom stereocenters. The van der Waals surface area contributed by atoms with Crippen LogP contribution in [0.1, 0.15) is 50.6 Å². The number of ether oxygens (including phenoxy) is 1. The van der Waals surface area contributed by atoms with Crippen LogP contribution < -0.4 is 15.0 Å². The summed E-state index contributed by atoms with van der Waals surface area (Å²) in [4.78, 5) is 32.1. The maximum atomic E-state index is 13.0. The van der Waals surface area contributed by atoms with Crippen LogP contribution in [-0.4, -0.2) is 29.4 Å². The number of hydrogen-bond acceptors (Lipinski definition) is 5. The van der Waals surface area contributed by atoms with Gasteiger partial charge < -0.3 is 10.1 Å². The quantitative estimate of drug-likeness (QED) is 0.419. The molecule has 1 N–H and O–H groups in total. The van der Waals surface area contributed by atoms with E-state index in [1.54, 1.807) is 18.3 Å². The number of anilines is 2. The summed E-state index contributed by atoms with van der Waals surface area (Å²) in [6.45, 7) is 5.92. The average molecular weight is 478 g/mol. The van der Waals surface area contributed by atoms with E-state index in [1.807, 2.05) is 47.8 Å². The fourth-order valence-electron chi connectivity index (χ4n) is 3.98. The maximum Gasteiger partial charge on any atom is 0.268 e. The zero-order chi connectivity index (χ0) is 24.1. The van der Waals surface area contributed by atoms with Gasteiger partial charge in [0.25, 0.3) is 5.91 Å². The van der Waals surface area contributed by atoms with E-state index < -0.39 is 6.10 Å². The van der Waals surface area contributed by atoms with Gasteiger partial charge in [-0.2, -0.15) is 0 Å². The SMILES string of the molecule is CCCCc1ccc(NC(=O)CN2C(=O)C(C)Oc3ccc(-c4csc(CCC)n4)cc32)cc1. The summed E-state index contributed by atoms with van der Waals surface area (Å²) in [5.41, 5.74) is 4.34. The van der Waals surface area contributed by atoms with Gasteiger partial charge in [-0.3, -0.25) is 14.5 Å². The number of benzene rings is 2. The van der Waals surface area contributed by atoms with Crippen molar-refractivity contribution >= 4 is 34.5 Å². The summed E-state index contributed by atoms with van der Waals surface area (Å²) in [6, 6.07) is 13.6. The Labute approximate surface area is 205 Å². The molecule has 0 spiro atoms. The number of carbonyl (C=O) groups is 2. The maximum absolute atomic E-state index is 13.0. The predicted octanol–water partition coefficient (Wildman–Crippen LogP) is 5.86. The topological polar surface area (TPSA) is 71.5 Å². The fourth-order valence-corrected chi connectivity index (χ4v) is 4.89. The smallest absolute Gasteiger partial charge is 0.268 e. The summed E-state index contributed by atoms with van der Waals surface area (Å²) < 4.78 is 5.81. The Balaban J connectivity index is 1.52. The second kappa shape index (κ2) is 10.8. The molecule has 6 nitrogen and oxygen atoms in total. The molecule has 0 fully saturated rings. The number of nitrogens with one attached hydrogen (secondary N) is 1. The number of rotatable bonds is 9. The molecule has 2 heterocycles. The number of amides is 2. The summed E-state index contributed by atoms with van der Waals surface area (Å²) in [5, 5.41) is 6.04. The van der Waals surface area contributed by atoms with Gasteiger partial charge in [-0.15, -0.1) is 11.3 Å². The fraction of sp³-hybridized carbons (Fsp3) is 0.370. The first-order chi connectivity index (χ1) is 16.5. The van der Waals surface area contributed by atoms with Crippen LogP contribution in [0.2, 0.25) is 0 Å². The zero-order valence-electron chi connectivity index (χ0n) is 20.0. The van der Waals surface area contributed by atoms with Crippen molar-refractivity contribution in [1.29, 1.82) is 0 Å². The van der Waals surface area contributed by atoms with E-state index in [4.69, 9.17) is 9.72 Å². The van der Waals surface area contributed by atoms with E-state index in [2.05, 4.69) is 19.2 Å². The van der Waals surface area contributed by atoms with Crippen molar-refractivity contribution in [3.05, 3.63) is 58.4 Å². The molecule has 3 aromatic rings. The van der Waals surface area contributed by atoms with E-state index in [0.29, 0.717) is 11.4 Å². The highest BCUT2D eigenvalue weighted by molar-refractivity contribution is 7.09. The van der Waals surface area contributed by atoms with Crippen molar-refractivity contribution in [1.82, 2.24) is 4.98 Å². The summed E-state index contributed by atoms with van der Waals surface area (Å²) in [6.07, 6.45) is 4.66. The standard InChI is InChI=1S/C27H31N3O3S/c1-4-6-8-19-9-12-21(13-10-19)28-25(31)16-30-23-15-20(22-17-34-26(29-22)7-5-2)11-14-24(23)33-18(3)27(30)32/h9-15,17-18H,4-8,16H2,1-3H3,(H,28,31). The Morgan fingerprint density at radius 2 is 1.91 bits per heavy atom. The Bertz CT molecular complexity index is 1160. The minimum atomic E-state index is -0.653. The van der Waals surface area contributed by atoms with Gasteiger partial charge in [0.05, 0.1) is 16.4 Å². The summed E-state index contributed by atoms with van der Waals surface area (Å²) >= 11 is 1.64. The van der Waals surface area contributed by atoms with Gasteiger partial charge in [0.1, 0.15) is 12.3 Å². The number of carbonyl (C=O) groups excluding carboxylic acids is 2. The Morgan fingerprint density at radius 1 is 1.12 bits per heavy atom. The Kier molecular flexibility index (Phi) is 7.63. The number of aryl methyl sites for hydroxylation is 2. The molecule has 2 amide bonds. The van der Waals surface area contributed by atoms with Gasteiger partial charge in [0, 0.05) is 16.6 Å². The van der Waals surface area contributed by atoms with Crippen molar-refractivity contribution in [3.8, 4) is 17.0 Å². The van der Waals surface area contributed by atoms with Gasteiger partial charge in [-0.1, -0.05) is 32.4 Å². The number of thiazole rings is 1. The van der Waals surface area contributed by atoms with E-state index in [1.165, 1.54) is 10.5 Å². The van der Waals surface area contributed by atoms with Crippen molar-refractivity contribution < 1.29 is 14.3 Å². The van der Waals surface area contributed by atoms with Gasteiger partial charge in [0.2, 0.25) is 5.91 Å². The first-order valence-electron chi connectivity index (χ1n) is 11.9. The van der Waals surface area contributed by atoms with Crippen LogP contribution >= 0.6 is 11.3 Å². The molecule has 1 aliphatic heterocycles. The number of hydrogen-bond donors (Lipinski definition) is 1. The lowest BCUT2D eigenvalue weighted by Gasteiger charge is -2.32. The van der Waals surface area contributed by atoms with Crippen LogP contribution in [-0.2, 0) is 22.4 Å². The molecule has 7 heteroatoms. The third-order valence-corrected chi connectivity index (χ3v) is 6.75. The number of aromatic nitrogens is 1. The third kappa shape index (κ3) is 5.47. The largest absolute Gasteiger partial charge is 0.479 e. The monoisotopic (exact) mass is 477 g/mol. The van der Waals surface area contributed by atoms with E-state index in [0.717, 1.165) is 54.1 Å². The molecule has 0 radical (unpaired) electrons. The summed E-state index contributed by atoms with van der Waals surface area (Å²) in [5.74, 6) is 0.103. The molecule has 1 atom stereocenters. The minimum absolute atomic E-state index is 0.0846. The first-order valence-corrected chi connectivity index (χ1v) is 12.8. The molecule has 0 bridgehead atoms. The van der Waals surface area contributed by atoms with Crippen LogP contribution in [0.4, 0.5) is 11.4 Å². The lowest BCUT2D eigenvalue weighted by molar-refractivity contribution is -0.127. The number of nitrogens with zero attached hydrogens (tertiary/aromatic N) is 2. The molecule has 1 aliphatic rings. The van der Waals surface area contributed by atoms with E-state index >= 15 is 0 Å². The van der Waals surface area contributed by atoms with Crippen LogP contribution in [0.5, 0.6) is 5.75 Å². The number of unbranched alkanes of at least 4 members (excludes halogenated alkanes) is 1. The molecule has 34 heavy (non-hydrogen) atoms. The van der Waals surface area contributed by atoms with Gasteiger partial charge in [0.15, 0.2) is 6.10 Å². The highest BCUT2D eigenvalue weighted by Crippen LogP contribution is 2.37. The third-order valence-electron chi connectivity index (χ3n) is 5.84. The predicted molar refractivity (Wildman–Crippen MR) is 138 cm³/mol. The molecule has 0 saturated carbocycles. The highest BCUT2D eigenvalue weighted by Gasteiger charge is 2.33. The zero-order valence-corrected chi connectivity index (χ0v) is 20.8. The van der Waals surface area contributed by atoms with Crippen LogP contribution in [0.3, 0.4) is 0 Å².